The molecule has 0 bridgehead atoms. The van der Waals surface area contributed by atoms with Gasteiger partial charge in [-0.3, -0.25) is 9.59 Å². The lowest BCUT2D eigenvalue weighted by atomic mass is 9.97. The molecule has 0 aromatic heterocycles. The lowest BCUT2D eigenvalue weighted by molar-refractivity contribution is -0.133. The molecule has 0 aromatic rings. The number of nitrogens with one attached hydrogen (secondary N) is 2. The lowest BCUT2D eigenvalue weighted by Gasteiger charge is -2.33. The van der Waals surface area contributed by atoms with Crippen LogP contribution in [0.5, 0.6) is 0 Å². The van der Waals surface area contributed by atoms with Gasteiger partial charge in [0.15, 0.2) is 0 Å². The van der Waals surface area contributed by atoms with Gasteiger partial charge in [0, 0.05) is 26.1 Å². The van der Waals surface area contributed by atoms with Crippen molar-refractivity contribution in [2.75, 3.05) is 26.2 Å². The Morgan fingerprint density at radius 3 is 2.73 bits per heavy atom. The summed E-state index contributed by atoms with van der Waals surface area (Å²) in [5.74, 6) is 0.746. The molecule has 26 heavy (non-hydrogen) atoms. The zero-order valence-corrected chi connectivity index (χ0v) is 16.7. The molecule has 3 aliphatic rings. The fourth-order valence-electron chi connectivity index (χ4n) is 4.27. The Morgan fingerprint density at radius 2 is 2.04 bits per heavy atom. The fourth-order valence-corrected chi connectivity index (χ4v) is 4.27. The molecule has 3 heterocycles. The summed E-state index contributed by atoms with van der Waals surface area (Å²) >= 11 is 0. The number of hydrogen-bond donors (Lipinski definition) is 2. The first-order chi connectivity index (χ1) is 12.1. The second kappa shape index (κ2) is 10.5. The van der Waals surface area contributed by atoms with E-state index in [1.165, 1.54) is 0 Å². The molecule has 4 atom stereocenters. The van der Waals surface area contributed by atoms with Crippen LogP contribution in [0.4, 0.5) is 0 Å². The Kier molecular flexibility index (Phi) is 8.64. The minimum absolute atomic E-state index is 0. The van der Waals surface area contributed by atoms with Crippen molar-refractivity contribution < 1.29 is 14.3 Å². The largest absolute Gasteiger partial charge is 0.375 e. The first-order valence-electron chi connectivity index (χ1n) is 10.1. The van der Waals surface area contributed by atoms with E-state index in [4.69, 9.17) is 4.74 Å². The van der Waals surface area contributed by atoms with Gasteiger partial charge in [-0.2, -0.15) is 0 Å². The van der Waals surface area contributed by atoms with Gasteiger partial charge in [0.1, 0.15) is 0 Å². The van der Waals surface area contributed by atoms with E-state index in [0.29, 0.717) is 25.0 Å². The molecule has 0 radical (unpaired) electrons. The van der Waals surface area contributed by atoms with E-state index >= 15 is 0 Å². The first kappa shape index (κ1) is 21.5. The minimum Gasteiger partial charge on any atom is -0.375 e. The summed E-state index contributed by atoms with van der Waals surface area (Å²) in [6.45, 7) is 5.36. The lowest BCUT2D eigenvalue weighted by Crippen LogP contribution is -2.46. The van der Waals surface area contributed by atoms with E-state index in [2.05, 4.69) is 17.6 Å². The summed E-state index contributed by atoms with van der Waals surface area (Å²) in [4.78, 5) is 26.6. The monoisotopic (exact) mass is 387 g/mol. The Labute approximate surface area is 163 Å². The summed E-state index contributed by atoms with van der Waals surface area (Å²) < 4.78 is 5.81. The van der Waals surface area contributed by atoms with Gasteiger partial charge in [0.05, 0.1) is 18.2 Å². The molecule has 0 aromatic carbocycles. The van der Waals surface area contributed by atoms with Gasteiger partial charge in [0.25, 0.3) is 0 Å². The number of hydrogen-bond acceptors (Lipinski definition) is 4. The number of halogens is 1. The van der Waals surface area contributed by atoms with E-state index in [1.54, 1.807) is 0 Å². The number of likely N-dealkylation sites (tertiary alicyclic amines) is 1. The molecule has 3 rings (SSSR count). The predicted octanol–water partition coefficient (Wildman–Crippen LogP) is 1.86. The van der Waals surface area contributed by atoms with Crippen molar-refractivity contribution in [3.05, 3.63) is 0 Å². The number of carbonyl (C=O) groups is 2. The Morgan fingerprint density at radius 1 is 1.19 bits per heavy atom. The fraction of sp³-hybridized carbons (Fsp3) is 0.895. The van der Waals surface area contributed by atoms with Gasteiger partial charge >= 0.3 is 0 Å². The Bertz CT molecular complexity index is 471. The maximum Gasteiger partial charge on any atom is 0.237 e. The predicted molar refractivity (Wildman–Crippen MR) is 103 cm³/mol. The molecule has 2 amide bonds. The third kappa shape index (κ3) is 6.10. The van der Waals surface area contributed by atoms with Crippen molar-refractivity contribution in [1.29, 1.82) is 0 Å². The SMILES string of the molecule is CC1CCC(CCC(=O)N2CCCC(CNC(=O)C3CCCN3)C2)O1.Cl. The van der Waals surface area contributed by atoms with E-state index in [0.717, 1.165) is 64.6 Å². The second-order valence-electron chi connectivity index (χ2n) is 7.93. The molecule has 3 saturated heterocycles. The van der Waals surface area contributed by atoms with Crippen molar-refractivity contribution in [2.45, 2.75) is 76.5 Å². The topological polar surface area (TPSA) is 70.7 Å². The molecule has 0 spiro atoms. The average Bonchev–Trinajstić information content (AvgIpc) is 3.29. The standard InChI is InChI=1S/C19H33N3O3.ClH/c1-14-6-7-16(25-14)8-9-18(23)22-11-3-4-15(13-22)12-21-19(24)17-5-2-10-20-17;/h14-17,20H,2-13H2,1H3,(H,21,24);1H. The highest BCUT2D eigenvalue weighted by Gasteiger charge is 2.27. The van der Waals surface area contributed by atoms with Crippen LogP contribution in [0.1, 0.15) is 58.3 Å². The molecule has 0 saturated carbocycles. The maximum atomic E-state index is 12.5. The van der Waals surface area contributed by atoms with Gasteiger partial charge < -0.3 is 20.3 Å². The van der Waals surface area contributed by atoms with Crippen LogP contribution in [-0.2, 0) is 14.3 Å². The zero-order chi connectivity index (χ0) is 17.6. The summed E-state index contributed by atoms with van der Waals surface area (Å²) in [6, 6.07) is -0.0184. The third-order valence-corrected chi connectivity index (χ3v) is 5.81. The van der Waals surface area contributed by atoms with E-state index in [1.807, 2.05) is 4.90 Å². The van der Waals surface area contributed by atoms with Crippen LogP contribution >= 0.6 is 12.4 Å². The molecule has 3 fully saturated rings. The van der Waals surface area contributed by atoms with Gasteiger partial charge in [-0.1, -0.05) is 0 Å². The number of amides is 2. The highest BCUT2D eigenvalue weighted by Crippen LogP contribution is 2.24. The summed E-state index contributed by atoms with van der Waals surface area (Å²) in [7, 11) is 0. The normalized spacial score (nSPS) is 31.5. The van der Waals surface area contributed by atoms with E-state index < -0.39 is 0 Å². The van der Waals surface area contributed by atoms with Gasteiger partial charge in [-0.25, -0.2) is 0 Å². The minimum atomic E-state index is -0.0184. The molecular formula is C19H34ClN3O3. The zero-order valence-electron chi connectivity index (χ0n) is 15.9. The summed E-state index contributed by atoms with van der Waals surface area (Å²) in [6.07, 6.45) is 8.36. The van der Waals surface area contributed by atoms with Crippen molar-refractivity contribution in [3.63, 3.8) is 0 Å². The number of ether oxygens (including phenoxy) is 1. The molecule has 150 valence electrons. The smallest absolute Gasteiger partial charge is 0.237 e. The van der Waals surface area contributed by atoms with Crippen LogP contribution < -0.4 is 10.6 Å². The number of piperidine rings is 1. The van der Waals surface area contributed by atoms with Crippen molar-refractivity contribution in [1.82, 2.24) is 15.5 Å². The van der Waals surface area contributed by atoms with Crippen molar-refractivity contribution >= 4 is 24.2 Å². The van der Waals surface area contributed by atoms with E-state index in [-0.39, 0.29) is 36.4 Å². The number of carbonyl (C=O) groups excluding carboxylic acids is 2. The number of rotatable bonds is 6. The molecule has 0 aliphatic carbocycles. The van der Waals surface area contributed by atoms with Gasteiger partial charge in [-0.15, -0.1) is 12.4 Å². The van der Waals surface area contributed by atoms with Gasteiger partial charge in [-0.05, 0) is 64.3 Å². The van der Waals surface area contributed by atoms with Crippen LogP contribution in [-0.4, -0.2) is 61.1 Å². The maximum absolute atomic E-state index is 12.5. The quantitative estimate of drug-likeness (QED) is 0.729. The number of nitrogens with zero attached hydrogens (tertiary/aromatic N) is 1. The third-order valence-electron chi connectivity index (χ3n) is 5.81. The van der Waals surface area contributed by atoms with E-state index in [9.17, 15) is 9.59 Å². The summed E-state index contributed by atoms with van der Waals surface area (Å²) in [5.41, 5.74) is 0. The Balaban J connectivity index is 0.00000243. The molecule has 4 unspecified atom stereocenters. The highest BCUT2D eigenvalue weighted by atomic mass is 35.5. The van der Waals surface area contributed by atoms with Crippen LogP contribution in [0.3, 0.4) is 0 Å². The van der Waals surface area contributed by atoms with Crippen LogP contribution in [0.25, 0.3) is 0 Å². The molecule has 7 heteroatoms. The van der Waals surface area contributed by atoms with Crippen molar-refractivity contribution in [3.8, 4) is 0 Å². The molecule has 3 aliphatic heterocycles. The second-order valence-corrected chi connectivity index (χ2v) is 7.93. The highest BCUT2D eigenvalue weighted by molar-refractivity contribution is 5.85. The first-order valence-corrected chi connectivity index (χ1v) is 10.1. The molecule has 2 N–H and O–H groups in total. The molecule has 6 nitrogen and oxygen atoms in total. The Hall–Kier alpha value is -0.850. The van der Waals surface area contributed by atoms with Crippen molar-refractivity contribution in [2.24, 2.45) is 5.92 Å². The van der Waals surface area contributed by atoms with Crippen LogP contribution in [0.2, 0.25) is 0 Å². The summed E-state index contributed by atoms with van der Waals surface area (Å²) in [5, 5.41) is 6.31. The van der Waals surface area contributed by atoms with Crippen LogP contribution in [0, 0.1) is 5.92 Å². The van der Waals surface area contributed by atoms with Crippen LogP contribution in [0.15, 0.2) is 0 Å². The van der Waals surface area contributed by atoms with Gasteiger partial charge in [0.2, 0.25) is 11.8 Å². The average molecular weight is 388 g/mol. The molecular weight excluding hydrogens is 354 g/mol.